The first-order chi connectivity index (χ1) is 13.9. The molecule has 0 atom stereocenters. The lowest BCUT2D eigenvalue weighted by Gasteiger charge is -2.23. The number of fused-ring (bicyclic) bond motifs is 1. The van der Waals surface area contributed by atoms with Crippen molar-refractivity contribution in [3.8, 4) is 16.9 Å². The van der Waals surface area contributed by atoms with Crippen LogP contribution in [0.5, 0.6) is 5.75 Å². The summed E-state index contributed by atoms with van der Waals surface area (Å²) < 4.78 is 10.9. The molecule has 0 unspecified atom stereocenters. The van der Waals surface area contributed by atoms with E-state index in [9.17, 15) is 4.79 Å². The predicted octanol–water partition coefficient (Wildman–Crippen LogP) is 5.62. The minimum Gasteiger partial charge on any atom is -0.491 e. The van der Waals surface area contributed by atoms with Crippen LogP contribution >= 0.6 is 0 Å². The lowest BCUT2D eigenvalue weighted by molar-refractivity contribution is 0.0462. The third-order valence-electron chi connectivity index (χ3n) is 4.86. The van der Waals surface area contributed by atoms with E-state index in [0.29, 0.717) is 5.69 Å². The largest absolute Gasteiger partial charge is 0.491 e. The Morgan fingerprint density at radius 1 is 0.966 bits per heavy atom. The molecule has 0 radical (unpaired) electrons. The molecule has 0 fully saturated rings. The molecule has 3 rings (SSSR count). The number of anilines is 1. The maximum atomic E-state index is 12.0. The van der Waals surface area contributed by atoms with Crippen LogP contribution in [0.25, 0.3) is 21.9 Å². The summed E-state index contributed by atoms with van der Waals surface area (Å²) in [7, 11) is 0. The van der Waals surface area contributed by atoms with Crippen molar-refractivity contribution in [2.75, 3.05) is 18.5 Å². The van der Waals surface area contributed by atoms with E-state index >= 15 is 0 Å². The summed E-state index contributed by atoms with van der Waals surface area (Å²) in [5.41, 5.74) is 2.35. The Kier molecular flexibility index (Phi) is 6.39. The van der Waals surface area contributed by atoms with Gasteiger partial charge in [-0.25, -0.2) is 4.79 Å². The number of benzene rings is 3. The normalized spacial score (nSPS) is 11.3. The molecule has 0 aliphatic heterocycles. The Balaban J connectivity index is 1.72. The molecule has 0 bridgehead atoms. The van der Waals surface area contributed by atoms with Gasteiger partial charge in [0.25, 0.3) is 0 Å². The van der Waals surface area contributed by atoms with E-state index < -0.39 is 11.7 Å². The smallest absolute Gasteiger partial charge is 0.412 e. The topological polar surface area (TPSA) is 67.8 Å². The van der Waals surface area contributed by atoms with E-state index in [-0.39, 0.29) is 13.2 Å². The van der Waals surface area contributed by atoms with Crippen LogP contribution in [0.1, 0.15) is 27.2 Å². The molecule has 0 aliphatic carbocycles. The summed E-state index contributed by atoms with van der Waals surface area (Å²) in [4.78, 5) is 12.0. The fourth-order valence-electron chi connectivity index (χ4n) is 2.87. The van der Waals surface area contributed by atoms with Crippen LogP contribution in [0.4, 0.5) is 10.5 Å². The highest BCUT2D eigenvalue weighted by molar-refractivity contribution is 5.89. The van der Waals surface area contributed by atoms with Crippen LogP contribution in [0.3, 0.4) is 0 Å². The minimum absolute atomic E-state index is 0.00405. The number of aliphatic hydroxyl groups is 1. The second-order valence-corrected chi connectivity index (χ2v) is 7.50. The highest BCUT2D eigenvalue weighted by atomic mass is 16.6. The van der Waals surface area contributed by atoms with Crippen molar-refractivity contribution in [1.82, 2.24) is 0 Å². The van der Waals surface area contributed by atoms with E-state index in [4.69, 9.17) is 14.6 Å². The second kappa shape index (κ2) is 8.97. The first-order valence-electron chi connectivity index (χ1n) is 9.78. The summed E-state index contributed by atoms with van der Waals surface area (Å²) in [6.45, 7) is 6.03. The number of carbonyl (C=O) groups excluding carboxylic acids is 1. The zero-order valence-electron chi connectivity index (χ0n) is 17.1. The van der Waals surface area contributed by atoms with E-state index in [1.165, 1.54) is 0 Å². The highest BCUT2D eigenvalue weighted by Gasteiger charge is 2.20. The van der Waals surface area contributed by atoms with E-state index in [1.807, 2.05) is 69.3 Å². The van der Waals surface area contributed by atoms with Crippen LogP contribution in [-0.4, -0.2) is 30.0 Å². The average molecular weight is 393 g/mol. The van der Waals surface area contributed by atoms with Crippen molar-refractivity contribution in [1.29, 1.82) is 0 Å². The van der Waals surface area contributed by atoms with Gasteiger partial charge in [-0.3, -0.25) is 5.32 Å². The monoisotopic (exact) mass is 393 g/mol. The number of amides is 1. The molecular weight excluding hydrogens is 366 g/mol. The standard InChI is InChI=1S/C24H27NO4/c1-4-24(2,3)29-23(27)25-21-10-7-17(8-11-21)18-5-6-20-16-22(28-14-13-26)12-9-19(20)15-18/h5-12,15-16,26H,4,13-14H2,1-3H3,(H,25,27). The molecule has 29 heavy (non-hydrogen) atoms. The molecule has 5 nitrogen and oxygen atoms in total. The number of ether oxygens (including phenoxy) is 2. The van der Waals surface area contributed by atoms with Gasteiger partial charge in [-0.15, -0.1) is 0 Å². The molecule has 3 aromatic carbocycles. The molecule has 3 aromatic rings. The lowest BCUT2D eigenvalue weighted by atomic mass is 10.0. The summed E-state index contributed by atoms with van der Waals surface area (Å²) >= 11 is 0. The number of hydrogen-bond donors (Lipinski definition) is 2. The van der Waals surface area contributed by atoms with Gasteiger partial charge in [0.15, 0.2) is 0 Å². The Bertz CT molecular complexity index is 980. The molecule has 5 heteroatoms. The molecule has 1 amide bonds. The summed E-state index contributed by atoms with van der Waals surface area (Å²) in [6, 6.07) is 19.8. The van der Waals surface area contributed by atoms with Gasteiger partial charge in [-0.2, -0.15) is 0 Å². The zero-order valence-corrected chi connectivity index (χ0v) is 17.1. The van der Waals surface area contributed by atoms with Gasteiger partial charge >= 0.3 is 6.09 Å². The van der Waals surface area contributed by atoms with Crippen LogP contribution in [0.15, 0.2) is 60.7 Å². The van der Waals surface area contributed by atoms with Crippen LogP contribution < -0.4 is 10.1 Å². The summed E-state index contributed by atoms with van der Waals surface area (Å²) in [5, 5.41) is 13.8. The molecule has 0 saturated heterocycles. The van der Waals surface area contributed by atoms with E-state index in [0.717, 1.165) is 34.1 Å². The van der Waals surface area contributed by atoms with Crippen molar-refractivity contribution >= 4 is 22.6 Å². The minimum atomic E-state index is -0.488. The van der Waals surface area contributed by atoms with Crippen molar-refractivity contribution in [3.63, 3.8) is 0 Å². The molecule has 0 aromatic heterocycles. The molecule has 0 spiro atoms. The van der Waals surface area contributed by atoms with Gasteiger partial charge in [0.05, 0.1) is 6.61 Å². The molecule has 2 N–H and O–H groups in total. The van der Waals surface area contributed by atoms with Gasteiger partial charge in [0, 0.05) is 5.69 Å². The third-order valence-corrected chi connectivity index (χ3v) is 4.86. The Hall–Kier alpha value is -3.05. The van der Waals surface area contributed by atoms with Crippen LogP contribution in [0, 0.1) is 0 Å². The number of nitrogens with one attached hydrogen (secondary N) is 1. The Labute approximate surface area is 171 Å². The summed E-state index contributed by atoms with van der Waals surface area (Å²) in [6.07, 6.45) is 0.297. The highest BCUT2D eigenvalue weighted by Crippen LogP contribution is 2.28. The van der Waals surface area contributed by atoms with Crippen molar-refractivity contribution in [2.45, 2.75) is 32.8 Å². The number of rotatable bonds is 7. The SMILES string of the molecule is CCC(C)(C)OC(=O)Nc1ccc(-c2ccc3cc(OCCO)ccc3c2)cc1. The average Bonchev–Trinajstić information content (AvgIpc) is 2.72. The molecular formula is C24H27NO4. The number of aliphatic hydroxyl groups excluding tert-OH is 1. The molecule has 0 aliphatic rings. The first kappa shape index (κ1) is 20.7. The van der Waals surface area contributed by atoms with Crippen LogP contribution in [0.2, 0.25) is 0 Å². The third kappa shape index (κ3) is 5.48. The molecule has 152 valence electrons. The fraction of sp³-hybridized carbons (Fsp3) is 0.292. The maximum Gasteiger partial charge on any atom is 0.412 e. The van der Waals surface area contributed by atoms with Gasteiger partial charge in [-0.05, 0) is 72.5 Å². The fourth-order valence-corrected chi connectivity index (χ4v) is 2.87. The van der Waals surface area contributed by atoms with E-state index in [1.54, 1.807) is 0 Å². The van der Waals surface area contributed by atoms with Crippen molar-refractivity contribution in [3.05, 3.63) is 60.7 Å². The quantitative estimate of drug-likeness (QED) is 0.547. The summed E-state index contributed by atoms with van der Waals surface area (Å²) in [5.74, 6) is 0.743. The zero-order chi connectivity index (χ0) is 20.9. The Morgan fingerprint density at radius 2 is 1.62 bits per heavy atom. The second-order valence-electron chi connectivity index (χ2n) is 7.50. The first-order valence-corrected chi connectivity index (χ1v) is 9.78. The predicted molar refractivity (Wildman–Crippen MR) is 116 cm³/mol. The van der Waals surface area contributed by atoms with Crippen molar-refractivity contribution in [2.24, 2.45) is 0 Å². The number of hydrogen-bond acceptors (Lipinski definition) is 4. The molecule has 0 saturated carbocycles. The Morgan fingerprint density at radius 3 is 2.31 bits per heavy atom. The lowest BCUT2D eigenvalue weighted by Crippen LogP contribution is -2.29. The van der Waals surface area contributed by atoms with E-state index in [2.05, 4.69) is 17.4 Å². The van der Waals surface area contributed by atoms with Crippen molar-refractivity contribution < 1.29 is 19.4 Å². The van der Waals surface area contributed by atoms with Gasteiger partial charge in [-0.1, -0.05) is 37.3 Å². The van der Waals surface area contributed by atoms with Crippen LogP contribution in [-0.2, 0) is 4.74 Å². The van der Waals surface area contributed by atoms with Gasteiger partial charge < -0.3 is 14.6 Å². The van der Waals surface area contributed by atoms with Gasteiger partial charge in [0.2, 0.25) is 0 Å². The number of carbonyl (C=O) groups is 1. The molecule has 0 heterocycles. The van der Waals surface area contributed by atoms with Gasteiger partial charge in [0.1, 0.15) is 18.0 Å². The maximum absolute atomic E-state index is 12.0.